The Morgan fingerprint density at radius 1 is 0.848 bits per heavy atom. The first-order valence-electron chi connectivity index (χ1n) is 12.0. The third-order valence-electron chi connectivity index (χ3n) is 6.75. The second-order valence-electron chi connectivity index (χ2n) is 9.02. The van der Waals surface area contributed by atoms with Crippen LogP contribution in [0.3, 0.4) is 0 Å². The maximum Gasteiger partial charge on any atom is 0.119 e. The highest BCUT2D eigenvalue weighted by Crippen LogP contribution is 2.34. The molecule has 1 fully saturated rings. The van der Waals surface area contributed by atoms with Gasteiger partial charge in [-0.15, -0.1) is 0 Å². The second kappa shape index (κ2) is 9.72. The van der Waals surface area contributed by atoms with Gasteiger partial charge in [-0.1, -0.05) is 36.8 Å². The van der Waals surface area contributed by atoms with Crippen molar-refractivity contribution >= 4 is 10.9 Å². The summed E-state index contributed by atoms with van der Waals surface area (Å²) in [6.45, 7) is 7.11. The third-order valence-corrected chi connectivity index (χ3v) is 6.75. The summed E-state index contributed by atoms with van der Waals surface area (Å²) in [4.78, 5) is 2.50. The average molecular weight is 441 g/mol. The predicted octanol–water partition coefficient (Wildman–Crippen LogP) is 6.24. The summed E-state index contributed by atoms with van der Waals surface area (Å²) in [6, 6.07) is 24.6. The fourth-order valence-electron chi connectivity index (χ4n) is 4.98. The van der Waals surface area contributed by atoms with Crippen LogP contribution >= 0.6 is 0 Å². The minimum atomic E-state index is 0.287. The molecule has 0 atom stereocenters. The van der Waals surface area contributed by atoms with E-state index in [0.717, 1.165) is 31.0 Å². The van der Waals surface area contributed by atoms with E-state index in [-0.39, 0.29) is 5.75 Å². The van der Waals surface area contributed by atoms with Crippen LogP contribution in [0, 0.1) is 6.92 Å². The third kappa shape index (κ3) is 4.76. The Balaban J connectivity index is 1.35. The van der Waals surface area contributed by atoms with E-state index in [1.54, 1.807) is 12.1 Å². The number of likely N-dealkylation sites (tertiary alicyclic amines) is 1. The molecule has 1 aromatic heterocycles. The van der Waals surface area contributed by atoms with Crippen LogP contribution in [0.1, 0.15) is 30.4 Å². The molecule has 3 aromatic carbocycles. The van der Waals surface area contributed by atoms with Gasteiger partial charge in [0, 0.05) is 24.0 Å². The van der Waals surface area contributed by atoms with Crippen molar-refractivity contribution in [3.63, 3.8) is 0 Å². The van der Waals surface area contributed by atoms with Gasteiger partial charge in [-0.3, -0.25) is 4.90 Å². The summed E-state index contributed by atoms with van der Waals surface area (Å²) < 4.78 is 8.40. The number of phenols is 1. The van der Waals surface area contributed by atoms with Crippen LogP contribution < -0.4 is 4.74 Å². The molecule has 0 radical (unpaired) electrons. The highest BCUT2D eigenvalue weighted by molar-refractivity contribution is 5.91. The van der Waals surface area contributed by atoms with Crippen molar-refractivity contribution in [3.8, 4) is 22.8 Å². The number of hydrogen-bond acceptors (Lipinski definition) is 3. The summed E-state index contributed by atoms with van der Waals surface area (Å²) in [5.74, 6) is 1.22. The Bertz CT molecular complexity index is 1200. The molecule has 170 valence electrons. The summed E-state index contributed by atoms with van der Waals surface area (Å²) in [5, 5.41) is 11.0. The maximum atomic E-state index is 9.76. The fourth-order valence-corrected chi connectivity index (χ4v) is 4.98. The molecule has 0 saturated carbocycles. The lowest BCUT2D eigenvalue weighted by molar-refractivity contribution is 0.183. The lowest BCUT2D eigenvalue weighted by atomic mass is 10.1. The molecule has 0 aliphatic carbocycles. The van der Waals surface area contributed by atoms with Gasteiger partial charge in [0.25, 0.3) is 0 Å². The summed E-state index contributed by atoms with van der Waals surface area (Å²) in [6.07, 6.45) is 3.99. The van der Waals surface area contributed by atoms with Crippen molar-refractivity contribution in [2.24, 2.45) is 0 Å². The molecule has 4 heteroatoms. The number of hydrogen-bond donors (Lipinski definition) is 1. The number of ether oxygens (including phenoxy) is 1. The zero-order valence-corrected chi connectivity index (χ0v) is 19.3. The number of aromatic nitrogens is 1. The number of aromatic hydroxyl groups is 1. The van der Waals surface area contributed by atoms with Crippen molar-refractivity contribution in [1.82, 2.24) is 9.47 Å². The Kier molecular flexibility index (Phi) is 6.36. The molecular weight excluding hydrogens is 408 g/mol. The van der Waals surface area contributed by atoms with E-state index in [4.69, 9.17) is 4.74 Å². The van der Waals surface area contributed by atoms with Crippen LogP contribution in [0.5, 0.6) is 11.5 Å². The van der Waals surface area contributed by atoms with E-state index in [9.17, 15) is 5.11 Å². The van der Waals surface area contributed by atoms with Crippen molar-refractivity contribution in [1.29, 1.82) is 0 Å². The summed E-state index contributed by atoms with van der Waals surface area (Å²) in [7, 11) is 0. The molecule has 4 aromatic rings. The van der Waals surface area contributed by atoms with Gasteiger partial charge >= 0.3 is 0 Å². The van der Waals surface area contributed by atoms with Gasteiger partial charge in [0.1, 0.15) is 18.1 Å². The molecule has 0 bridgehead atoms. The smallest absolute Gasteiger partial charge is 0.119 e. The number of fused-ring (bicyclic) bond motifs is 1. The number of phenolic OH excluding ortho intramolecular Hbond substituents is 1. The largest absolute Gasteiger partial charge is 0.508 e. The number of piperidine rings is 1. The topological polar surface area (TPSA) is 37.6 Å². The van der Waals surface area contributed by atoms with Gasteiger partial charge in [-0.2, -0.15) is 0 Å². The van der Waals surface area contributed by atoms with Gasteiger partial charge in [-0.05, 0) is 92.0 Å². The molecule has 2 heterocycles. The molecule has 1 saturated heterocycles. The molecule has 0 amide bonds. The predicted molar refractivity (Wildman–Crippen MR) is 135 cm³/mol. The van der Waals surface area contributed by atoms with Crippen molar-refractivity contribution in [2.75, 3.05) is 26.2 Å². The highest BCUT2D eigenvalue weighted by atomic mass is 16.5. The van der Waals surface area contributed by atoms with Gasteiger partial charge in [-0.25, -0.2) is 0 Å². The van der Waals surface area contributed by atoms with Crippen LogP contribution in [-0.2, 0) is 6.54 Å². The van der Waals surface area contributed by atoms with E-state index < -0.39 is 0 Å². The molecule has 0 unspecified atom stereocenters. The monoisotopic (exact) mass is 440 g/mol. The molecule has 4 nitrogen and oxygen atoms in total. The van der Waals surface area contributed by atoms with Crippen LogP contribution in [0.4, 0.5) is 0 Å². The second-order valence-corrected chi connectivity index (χ2v) is 9.02. The van der Waals surface area contributed by atoms with Crippen molar-refractivity contribution in [3.05, 3.63) is 83.9 Å². The standard InChI is InChI=1S/C29H32N2O2/c1-22-27-7-3-4-8-28(27)31(29(22)24-11-13-25(32)14-12-24)21-23-9-15-26(16-10-23)33-20-19-30-17-5-2-6-18-30/h3-4,7-16,32H,2,5-6,17-21H2,1H3. The first kappa shape index (κ1) is 21.6. The first-order chi connectivity index (χ1) is 16.2. The van der Waals surface area contributed by atoms with E-state index >= 15 is 0 Å². The summed E-state index contributed by atoms with van der Waals surface area (Å²) in [5.41, 5.74) is 6.02. The van der Waals surface area contributed by atoms with Crippen LogP contribution in [-0.4, -0.2) is 40.8 Å². The van der Waals surface area contributed by atoms with Crippen molar-refractivity contribution < 1.29 is 9.84 Å². The fraction of sp³-hybridized carbons (Fsp3) is 0.310. The Morgan fingerprint density at radius 2 is 1.58 bits per heavy atom. The number of para-hydroxylation sites is 1. The molecule has 5 rings (SSSR count). The minimum absolute atomic E-state index is 0.287. The van der Waals surface area contributed by atoms with Gasteiger partial charge in [0.15, 0.2) is 0 Å². The van der Waals surface area contributed by atoms with E-state index in [2.05, 4.69) is 64.9 Å². The maximum absolute atomic E-state index is 9.76. The number of aryl methyl sites for hydroxylation is 1. The van der Waals surface area contributed by atoms with Crippen molar-refractivity contribution in [2.45, 2.75) is 32.7 Å². The molecule has 1 aliphatic rings. The normalized spacial score (nSPS) is 14.6. The molecule has 33 heavy (non-hydrogen) atoms. The lowest BCUT2D eigenvalue weighted by Gasteiger charge is -2.26. The molecule has 0 spiro atoms. The molecule has 1 N–H and O–H groups in total. The Labute approximate surface area is 196 Å². The Morgan fingerprint density at radius 3 is 2.33 bits per heavy atom. The van der Waals surface area contributed by atoms with E-state index in [1.807, 2.05) is 12.1 Å². The number of rotatable bonds is 7. The zero-order chi connectivity index (χ0) is 22.6. The number of nitrogens with zero attached hydrogens (tertiary/aromatic N) is 2. The minimum Gasteiger partial charge on any atom is -0.508 e. The Hall–Kier alpha value is -3.24. The van der Waals surface area contributed by atoms with Crippen LogP contribution in [0.25, 0.3) is 22.2 Å². The highest BCUT2D eigenvalue weighted by Gasteiger charge is 2.16. The van der Waals surface area contributed by atoms with Crippen LogP contribution in [0.2, 0.25) is 0 Å². The average Bonchev–Trinajstić information content (AvgIpc) is 3.13. The van der Waals surface area contributed by atoms with Gasteiger partial charge in [0.2, 0.25) is 0 Å². The molecule has 1 aliphatic heterocycles. The quantitative estimate of drug-likeness (QED) is 0.370. The SMILES string of the molecule is Cc1c(-c2ccc(O)cc2)n(Cc2ccc(OCCN3CCCCC3)cc2)c2ccccc12. The van der Waals surface area contributed by atoms with E-state index in [1.165, 1.54) is 60.1 Å². The first-order valence-corrected chi connectivity index (χ1v) is 12.0. The molecular formula is C29H32N2O2. The van der Waals surface area contributed by atoms with Gasteiger partial charge < -0.3 is 14.4 Å². The van der Waals surface area contributed by atoms with Crippen LogP contribution in [0.15, 0.2) is 72.8 Å². The number of benzene rings is 3. The zero-order valence-electron chi connectivity index (χ0n) is 19.3. The van der Waals surface area contributed by atoms with E-state index in [0.29, 0.717) is 0 Å². The van der Waals surface area contributed by atoms with Gasteiger partial charge in [0.05, 0.1) is 5.69 Å². The summed E-state index contributed by atoms with van der Waals surface area (Å²) >= 11 is 0. The lowest BCUT2D eigenvalue weighted by Crippen LogP contribution is -2.33.